The predicted molar refractivity (Wildman–Crippen MR) is 30.9 cm³/mol. The van der Waals surface area contributed by atoms with E-state index in [1.54, 1.807) is 17.9 Å². The molecule has 0 amide bonds. The first kappa shape index (κ1) is 5.15. The lowest BCUT2D eigenvalue weighted by molar-refractivity contribution is 0.742. The molecule has 0 N–H and O–H groups in total. The molecular formula is C5H8N3. The summed E-state index contributed by atoms with van der Waals surface area (Å²) in [5.74, 6) is 0.907. The molecule has 8 heavy (non-hydrogen) atoms. The molecule has 0 aromatic carbocycles. The minimum Gasteiger partial charge on any atom is -0.270 e. The summed E-state index contributed by atoms with van der Waals surface area (Å²) in [5, 5.41) is 7.84. The number of aryl methyl sites for hydroxylation is 1. The lowest BCUT2D eigenvalue weighted by Gasteiger charge is -1.93. The lowest BCUT2D eigenvalue weighted by Crippen LogP contribution is -1.96. The highest BCUT2D eigenvalue weighted by atomic mass is 15.3. The van der Waals surface area contributed by atoms with Crippen molar-refractivity contribution in [3.8, 4) is 0 Å². The molecule has 0 saturated carbocycles. The number of rotatable bonds is 1. The van der Waals surface area contributed by atoms with Crippen molar-refractivity contribution in [2.45, 2.75) is 0 Å². The first-order valence-corrected chi connectivity index (χ1v) is 2.42. The fourth-order valence-electron chi connectivity index (χ4n) is 0.586. The SMILES string of the molecule is C[N]c1ccnn1C. The van der Waals surface area contributed by atoms with Crippen molar-refractivity contribution < 1.29 is 0 Å². The third-order valence-electron chi connectivity index (χ3n) is 1.02. The normalized spacial score (nSPS) is 9.25. The maximum Gasteiger partial charge on any atom is 0.145 e. The molecule has 0 aliphatic rings. The third kappa shape index (κ3) is 0.665. The molecule has 0 saturated heterocycles. The van der Waals surface area contributed by atoms with Crippen LogP contribution in [0.25, 0.3) is 0 Å². The average Bonchev–Trinajstić information content (AvgIpc) is 2.14. The number of aromatic nitrogens is 2. The monoisotopic (exact) mass is 110 g/mol. The molecular weight excluding hydrogens is 102 g/mol. The molecule has 1 rings (SSSR count). The fraction of sp³-hybridized carbons (Fsp3) is 0.400. The van der Waals surface area contributed by atoms with E-state index >= 15 is 0 Å². The van der Waals surface area contributed by atoms with Gasteiger partial charge in [0.2, 0.25) is 0 Å². The highest BCUT2D eigenvalue weighted by Gasteiger charge is 1.90. The van der Waals surface area contributed by atoms with Crippen molar-refractivity contribution in [2.75, 3.05) is 7.05 Å². The van der Waals surface area contributed by atoms with Crippen molar-refractivity contribution in [3.63, 3.8) is 0 Å². The molecule has 0 bridgehead atoms. The Morgan fingerprint density at radius 3 is 2.75 bits per heavy atom. The number of hydrogen-bond donors (Lipinski definition) is 0. The van der Waals surface area contributed by atoms with Gasteiger partial charge in [-0.3, -0.25) is 10.00 Å². The zero-order chi connectivity index (χ0) is 5.98. The van der Waals surface area contributed by atoms with Gasteiger partial charge in [0, 0.05) is 20.2 Å². The summed E-state index contributed by atoms with van der Waals surface area (Å²) in [4.78, 5) is 0. The van der Waals surface area contributed by atoms with Gasteiger partial charge >= 0.3 is 0 Å². The molecule has 3 nitrogen and oxygen atoms in total. The molecule has 0 aliphatic heterocycles. The smallest absolute Gasteiger partial charge is 0.145 e. The third-order valence-corrected chi connectivity index (χ3v) is 1.02. The van der Waals surface area contributed by atoms with Gasteiger partial charge in [-0.2, -0.15) is 5.10 Å². The Morgan fingerprint density at radius 2 is 2.50 bits per heavy atom. The molecule has 0 atom stereocenters. The van der Waals surface area contributed by atoms with Crippen LogP contribution in [-0.2, 0) is 7.05 Å². The van der Waals surface area contributed by atoms with E-state index in [1.807, 2.05) is 13.1 Å². The van der Waals surface area contributed by atoms with Crippen LogP contribution in [0.4, 0.5) is 5.82 Å². The van der Waals surface area contributed by atoms with Crippen LogP contribution in [0.3, 0.4) is 0 Å². The largest absolute Gasteiger partial charge is 0.270 e. The Labute approximate surface area is 48.3 Å². The topological polar surface area (TPSA) is 31.9 Å². The van der Waals surface area contributed by atoms with Crippen LogP contribution in [0, 0.1) is 0 Å². The number of hydrogen-bond acceptors (Lipinski definition) is 1. The standard InChI is InChI=1S/C5H8N3/c1-6-5-3-4-7-8(5)2/h3-4H,1-2H3. The van der Waals surface area contributed by atoms with Gasteiger partial charge in [0.05, 0.1) is 6.20 Å². The van der Waals surface area contributed by atoms with Crippen molar-refractivity contribution >= 4 is 5.82 Å². The molecule has 1 heterocycles. The van der Waals surface area contributed by atoms with Gasteiger partial charge in [0.25, 0.3) is 0 Å². The first-order chi connectivity index (χ1) is 3.84. The molecule has 0 spiro atoms. The summed E-state index contributed by atoms with van der Waals surface area (Å²) in [5.41, 5.74) is 0. The summed E-state index contributed by atoms with van der Waals surface area (Å²) in [6.45, 7) is 0. The van der Waals surface area contributed by atoms with Crippen LogP contribution in [0.1, 0.15) is 0 Å². The van der Waals surface area contributed by atoms with Crippen LogP contribution in [0.5, 0.6) is 0 Å². The summed E-state index contributed by atoms with van der Waals surface area (Å²) in [7, 11) is 3.61. The average molecular weight is 110 g/mol. The van der Waals surface area contributed by atoms with Crippen molar-refractivity contribution in [3.05, 3.63) is 12.3 Å². The molecule has 43 valence electrons. The molecule has 0 aliphatic carbocycles. The van der Waals surface area contributed by atoms with Crippen LogP contribution in [0.15, 0.2) is 12.3 Å². The number of nitrogens with zero attached hydrogens (tertiary/aromatic N) is 3. The predicted octanol–water partition coefficient (Wildman–Crippen LogP) is 0.286. The summed E-state index contributed by atoms with van der Waals surface area (Å²) >= 11 is 0. The second kappa shape index (κ2) is 1.86. The van der Waals surface area contributed by atoms with Crippen molar-refractivity contribution in [1.29, 1.82) is 0 Å². The van der Waals surface area contributed by atoms with E-state index in [-0.39, 0.29) is 0 Å². The minimum atomic E-state index is 0.907. The zero-order valence-electron chi connectivity index (χ0n) is 5.00. The van der Waals surface area contributed by atoms with Crippen LogP contribution >= 0.6 is 0 Å². The Bertz CT molecular complexity index is 168. The second-order valence-electron chi connectivity index (χ2n) is 1.54. The van der Waals surface area contributed by atoms with E-state index in [4.69, 9.17) is 0 Å². The van der Waals surface area contributed by atoms with Gasteiger partial charge in [0.1, 0.15) is 5.82 Å². The minimum absolute atomic E-state index is 0.907. The summed E-state index contributed by atoms with van der Waals surface area (Å²) in [6.07, 6.45) is 1.72. The van der Waals surface area contributed by atoms with Crippen LogP contribution < -0.4 is 5.32 Å². The molecule has 0 unspecified atom stereocenters. The highest BCUT2D eigenvalue weighted by Crippen LogP contribution is 1.99. The fourth-order valence-corrected chi connectivity index (χ4v) is 0.586. The Hall–Kier alpha value is -0.990. The lowest BCUT2D eigenvalue weighted by atomic mass is 10.6. The molecule has 3 heteroatoms. The molecule has 0 fully saturated rings. The van der Waals surface area contributed by atoms with Crippen molar-refractivity contribution in [1.82, 2.24) is 15.1 Å². The molecule has 1 radical (unpaired) electrons. The maximum absolute atomic E-state index is 3.93. The quantitative estimate of drug-likeness (QED) is 0.511. The summed E-state index contributed by atoms with van der Waals surface area (Å²) in [6, 6.07) is 1.86. The van der Waals surface area contributed by atoms with Gasteiger partial charge in [-0.15, -0.1) is 0 Å². The Morgan fingerprint density at radius 1 is 1.75 bits per heavy atom. The highest BCUT2D eigenvalue weighted by molar-refractivity contribution is 5.22. The van der Waals surface area contributed by atoms with E-state index in [0.717, 1.165) is 5.82 Å². The van der Waals surface area contributed by atoms with E-state index < -0.39 is 0 Å². The Balaban J connectivity index is 2.92. The van der Waals surface area contributed by atoms with Gasteiger partial charge < -0.3 is 0 Å². The Kier molecular flexibility index (Phi) is 1.20. The zero-order valence-corrected chi connectivity index (χ0v) is 5.00. The summed E-state index contributed by atoms with van der Waals surface area (Å²) < 4.78 is 1.72. The van der Waals surface area contributed by atoms with Gasteiger partial charge in [-0.25, -0.2) is 0 Å². The molecule has 1 aromatic heterocycles. The molecule has 1 aromatic rings. The first-order valence-electron chi connectivity index (χ1n) is 2.42. The van der Waals surface area contributed by atoms with Gasteiger partial charge in [-0.1, -0.05) is 0 Å². The van der Waals surface area contributed by atoms with E-state index in [0.29, 0.717) is 0 Å². The van der Waals surface area contributed by atoms with Crippen LogP contribution in [0.2, 0.25) is 0 Å². The van der Waals surface area contributed by atoms with Crippen LogP contribution in [-0.4, -0.2) is 16.8 Å². The second-order valence-corrected chi connectivity index (χ2v) is 1.54. The van der Waals surface area contributed by atoms with E-state index in [1.165, 1.54) is 0 Å². The van der Waals surface area contributed by atoms with Gasteiger partial charge in [0.15, 0.2) is 0 Å². The van der Waals surface area contributed by atoms with E-state index in [2.05, 4.69) is 10.4 Å². The maximum atomic E-state index is 3.93. The van der Waals surface area contributed by atoms with Crippen molar-refractivity contribution in [2.24, 2.45) is 7.05 Å². The van der Waals surface area contributed by atoms with Gasteiger partial charge in [-0.05, 0) is 0 Å². The van der Waals surface area contributed by atoms with E-state index in [9.17, 15) is 0 Å².